The number of benzene rings is 1. The minimum Gasteiger partial charge on any atom is -0.313 e. The van der Waals surface area contributed by atoms with E-state index in [-0.39, 0.29) is 15.3 Å². The lowest BCUT2D eigenvalue weighted by Crippen LogP contribution is -2.33. The molecule has 6 heteroatoms. The van der Waals surface area contributed by atoms with Crippen LogP contribution in [-0.4, -0.2) is 21.5 Å². The van der Waals surface area contributed by atoms with E-state index in [4.69, 9.17) is 11.6 Å². The van der Waals surface area contributed by atoms with Gasteiger partial charge >= 0.3 is 0 Å². The first-order chi connectivity index (χ1) is 9.72. The Bertz CT molecular complexity index is 571. The fourth-order valence-corrected chi connectivity index (χ4v) is 3.42. The van der Waals surface area contributed by atoms with Crippen molar-refractivity contribution >= 4 is 21.6 Å². The highest BCUT2D eigenvalue weighted by Crippen LogP contribution is 2.24. The molecule has 21 heavy (non-hydrogen) atoms. The number of sulfonamides is 1. The van der Waals surface area contributed by atoms with E-state index in [9.17, 15) is 8.42 Å². The van der Waals surface area contributed by atoms with Gasteiger partial charge in [-0.3, -0.25) is 0 Å². The van der Waals surface area contributed by atoms with Gasteiger partial charge in [0.25, 0.3) is 0 Å². The van der Waals surface area contributed by atoms with Gasteiger partial charge in [-0.1, -0.05) is 45.4 Å². The van der Waals surface area contributed by atoms with Crippen molar-refractivity contribution in [3.05, 3.63) is 28.8 Å². The van der Waals surface area contributed by atoms with Crippen LogP contribution < -0.4 is 10.0 Å². The van der Waals surface area contributed by atoms with Crippen LogP contribution in [0, 0.1) is 5.41 Å². The predicted octanol–water partition coefficient (Wildman–Crippen LogP) is 3.16. The molecule has 0 amide bonds. The third kappa shape index (κ3) is 5.58. The number of halogens is 1. The molecule has 0 aliphatic rings. The van der Waals surface area contributed by atoms with Crippen LogP contribution in [-0.2, 0) is 16.6 Å². The molecule has 1 aromatic rings. The van der Waals surface area contributed by atoms with Crippen LogP contribution in [0.2, 0.25) is 5.02 Å². The molecule has 0 aliphatic carbocycles. The van der Waals surface area contributed by atoms with E-state index in [1.807, 2.05) is 33.8 Å². The summed E-state index contributed by atoms with van der Waals surface area (Å²) in [6, 6.07) is 5.10. The smallest absolute Gasteiger partial charge is 0.242 e. The van der Waals surface area contributed by atoms with Crippen LogP contribution in [0.4, 0.5) is 0 Å². The van der Waals surface area contributed by atoms with Gasteiger partial charge in [0.1, 0.15) is 4.90 Å². The summed E-state index contributed by atoms with van der Waals surface area (Å²) in [4.78, 5) is 0.145. The molecule has 0 spiro atoms. The van der Waals surface area contributed by atoms with Crippen molar-refractivity contribution in [2.24, 2.45) is 5.41 Å². The standard InChI is InChI=1S/C15H25ClN2O2S/c1-5-15(3,4)11-18-21(19,20)14-9-12(10-17-6-2)7-8-13(14)16/h7-9,17-18H,5-6,10-11H2,1-4H3. The Labute approximate surface area is 133 Å². The Morgan fingerprint density at radius 1 is 1.24 bits per heavy atom. The van der Waals surface area contributed by atoms with Crippen LogP contribution >= 0.6 is 11.6 Å². The van der Waals surface area contributed by atoms with Gasteiger partial charge in [0.2, 0.25) is 10.0 Å². The van der Waals surface area contributed by atoms with Crippen molar-refractivity contribution in [1.82, 2.24) is 10.0 Å². The van der Waals surface area contributed by atoms with Crippen molar-refractivity contribution in [3.8, 4) is 0 Å². The Kier molecular flexibility index (Phi) is 6.66. The Morgan fingerprint density at radius 3 is 2.48 bits per heavy atom. The second-order valence-electron chi connectivity index (χ2n) is 5.89. The number of hydrogen-bond acceptors (Lipinski definition) is 3. The van der Waals surface area contributed by atoms with E-state index in [1.54, 1.807) is 12.1 Å². The zero-order chi connectivity index (χ0) is 16.1. The number of hydrogen-bond donors (Lipinski definition) is 2. The van der Waals surface area contributed by atoms with E-state index in [0.29, 0.717) is 13.1 Å². The van der Waals surface area contributed by atoms with E-state index in [2.05, 4.69) is 10.0 Å². The third-order valence-electron chi connectivity index (χ3n) is 3.56. The third-order valence-corrected chi connectivity index (χ3v) is 5.44. The first-order valence-electron chi connectivity index (χ1n) is 7.20. The average molecular weight is 333 g/mol. The maximum absolute atomic E-state index is 12.4. The summed E-state index contributed by atoms with van der Waals surface area (Å²) in [5.41, 5.74) is 0.817. The molecule has 0 atom stereocenters. The normalized spacial score (nSPS) is 12.6. The lowest BCUT2D eigenvalue weighted by Gasteiger charge is -2.23. The highest BCUT2D eigenvalue weighted by molar-refractivity contribution is 7.89. The highest BCUT2D eigenvalue weighted by atomic mass is 35.5. The lowest BCUT2D eigenvalue weighted by molar-refractivity contribution is 0.350. The fourth-order valence-electron chi connectivity index (χ4n) is 1.63. The molecule has 0 unspecified atom stereocenters. The predicted molar refractivity (Wildman–Crippen MR) is 88.1 cm³/mol. The van der Waals surface area contributed by atoms with E-state index in [0.717, 1.165) is 18.5 Å². The van der Waals surface area contributed by atoms with Crippen LogP contribution in [0.3, 0.4) is 0 Å². The molecule has 1 rings (SSSR count). The molecule has 0 bridgehead atoms. The molecule has 0 aliphatic heterocycles. The van der Waals surface area contributed by atoms with Gasteiger partial charge in [-0.05, 0) is 36.1 Å². The second kappa shape index (κ2) is 7.58. The summed E-state index contributed by atoms with van der Waals surface area (Å²) in [6.07, 6.45) is 0.893. The first kappa shape index (κ1) is 18.4. The summed E-state index contributed by atoms with van der Waals surface area (Å²) in [7, 11) is -3.59. The van der Waals surface area contributed by atoms with E-state index >= 15 is 0 Å². The molecule has 0 fully saturated rings. The largest absolute Gasteiger partial charge is 0.313 e. The highest BCUT2D eigenvalue weighted by Gasteiger charge is 2.22. The maximum Gasteiger partial charge on any atom is 0.242 e. The quantitative estimate of drug-likeness (QED) is 0.768. The summed E-state index contributed by atoms with van der Waals surface area (Å²) >= 11 is 6.06. The molecule has 0 saturated carbocycles. The van der Waals surface area contributed by atoms with Gasteiger partial charge in [0.05, 0.1) is 5.02 Å². The van der Waals surface area contributed by atoms with Crippen LogP contribution in [0.25, 0.3) is 0 Å². The average Bonchev–Trinajstić information content (AvgIpc) is 2.44. The molecular weight excluding hydrogens is 308 g/mol. The number of nitrogens with one attached hydrogen (secondary N) is 2. The van der Waals surface area contributed by atoms with Gasteiger partial charge < -0.3 is 5.32 Å². The van der Waals surface area contributed by atoms with Gasteiger partial charge in [0, 0.05) is 13.1 Å². The molecular formula is C15H25ClN2O2S. The molecule has 0 radical (unpaired) electrons. The van der Waals surface area contributed by atoms with Gasteiger partial charge in [0.15, 0.2) is 0 Å². The number of rotatable bonds is 8. The summed E-state index contributed by atoms with van der Waals surface area (Å²) in [5.74, 6) is 0. The Hall–Kier alpha value is -0.620. The van der Waals surface area contributed by atoms with E-state index < -0.39 is 10.0 Å². The van der Waals surface area contributed by atoms with Crippen molar-refractivity contribution < 1.29 is 8.42 Å². The summed E-state index contributed by atoms with van der Waals surface area (Å²) < 4.78 is 27.5. The van der Waals surface area contributed by atoms with Crippen molar-refractivity contribution in [1.29, 1.82) is 0 Å². The zero-order valence-corrected chi connectivity index (χ0v) is 14.7. The summed E-state index contributed by atoms with van der Waals surface area (Å²) in [5, 5.41) is 3.42. The fraction of sp³-hybridized carbons (Fsp3) is 0.600. The molecule has 120 valence electrons. The Morgan fingerprint density at radius 2 is 1.90 bits per heavy atom. The van der Waals surface area contributed by atoms with Crippen LogP contribution in [0.5, 0.6) is 0 Å². The van der Waals surface area contributed by atoms with Gasteiger partial charge in [-0.2, -0.15) is 0 Å². The minimum atomic E-state index is -3.59. The van der Waals surface area contributed by atoms with E-state index in [1.165, 1.54) is 0 Å². The van der Waals surface area contributed by atoms with Crippen LogP contribution in [0.1, 0.15) is 39.7 Å². The molecule has 0 aromatic heterocycles. The SMILES string of the molecule is CCNCc1ccc(Cl)c(S(=O)(=O)NCC(C)(C)CC)c1. The van der Waals surface area contributed by atoms with Crippen molar-refractivity contribution in [2.75, 3.05) is 13.1 Å². The Balaban J connectivity index is 2.96. The lowest BCUT2D eigenvalue weighted by atomic mass is 9.91. The minimum absolute atomic E-state index is 0.0824. The summed E-state index contributed by atoms with van der Waals surface area (Å²) in [6.45, 7) is 9.93. The molecule has 2 N–H and O–H groups in total. The topological polar surface area (TPSA) is 58.2 Å². The van der Waals surface area contributed by atoms with Gasteiger partial charge in [-0.25, -0.2) is 13.1 Å². The van der Waals surface area contributed by atoms with Crippen molar-refractivity contribution in [3.63, 3.8) is 0 Å². The van der Waals surface area contributed by atoms with Crippen LogP contribution in [0.15, 0.2) is 23.1 Å². The molecule has 0 saturated heterocycles. The van der Waals surface area contributed by atoms with Crippen molar-refractivity contribution in [2.45, 2.75) is 45.6 Å². The molecule has 1 aromatic carbocycles. The monoisotopic (exact) mass is 332 g/mol. The second-order valence-corrected chi connectivity index (χ2v) is 8.03. The maximum atomic E-state index is 12.4. The molecule has 0 heterocycles. The first-order valence-corrected chi connectivity index (χ1v) is 9.07. The van der Waals surface area contributed by atoms with Gasteiger partial charge in [-0.15, -0.1) is 0 Å². The molecule has 4 nitrogen and oxygen atoms in total. The zero-order valence-electron chi connectivity index (χ0n) is 13.2.